The molecule has 144 valence electrons. The normalized spacial score (nSPS) is 10.5. The summed E-state index contributed by atoms with van der Waals surface area (Å²) in [5, 5.41) is 19.2. The predicted molar refractivity (Wildman–Crippen MR) is 111 cm³/mol. The Kier molecular flexibility index (Phi) is 6.68. The first-order valence-corrected chi connectivity index (χ1v) is 9.96. The maximum absolute atomic E-state index is 8.84. The molecule has 0 spiro atoms. The second-order valence-electron chi connectivity index (χ2n) is 5.56. The van der Waals surface area contributed by atoms with E-state index in [9.17, 15) is 0 Å². The van der Waals surface area contributed by atoms with Gasteiger partial charge in [-0.2, -0.15) is 5.26 Å². The summed E-state index contributed by atoms with van der Waals surface area (Å²) in [7, 11) is 3.14. The Morgan fingerprint density at radius 1 is 1.07 bits per heavy atom. The molecule has 0 saturated carbocycles. The molecule has 2 aromatic carbocycles. The molecule has 28 heavy (non-hydrogen) atoms. The number of benzene rings is 2. The highest BCUT2D eigenvalue weighted by molar-refractivity contribution is 7.99. The van der Waals surface area contributed by atoms with Gasteiger partial charge in [0.15, 0.2) is 11.0 Å². The van der Waals surface area contributed by atoms with Gasteiger partial charge >= 0.3 is 0 Å². The van der Waals surface area contributed by atoms with Crippen molar-refractivity contribution >= 4 is 35.0 Å². The van der Waals surface area contributed by atoms with Gasteiger partial charge in [-0.1, -0.05) is 35.0 Å². The minimum Gasteiger partial charge on any atom is -0.496 e. The summed E-state index contributed by atoms with van der Waals surface area (Å²) in [6.45, 7) is 0. The third-order valence-electron chi connectivity index (χ3n) is 3.87. The molecule has 0 aliphatic rings. The zero-order chi connectivity index (χ0) is 20.1. The fraction of sp³-hybridized carbons (Fsp3) is 0.211. The summed E-state index contributed by atoms with van der Waals surface area (Å²) in [5.74, 6) is 2.33. The molecule has 0 saturated heterocycles. The molecular formula is C19H16Cl2N4O2S. The second-order valence-corrected chi connectivity index (χ2v) is 7.47. The first-order valence-electron chi connectivity index (χ1n) is 8.22. The summed E-state index contributed by atoms with van der Waals surface area (Å²) in [6.07, 6.45) is 0.400. The van der Waals surface area contributed by atoms with E-state index in [1.54, 1.807) is 44.6 Å². The predicted octanol–water partition coefficient (Wildman–Crippen LogP) is 5.26. The lowest BCUT2D eigenvalue weighted by molar-refractivity contribution is 0.415. The summed E-state index contributed by atoms with van der Waals surface area (Å²) in [6, 6.07) is 12.8. The van der Waals surface area contributed by atoms with Crippen LogP contribution in [0.4, 0.5) is 0 Å². The van der Waals surface area contributed by atoms with E-state index < -0.39 is 0 Å². The average Bonchev–Trinajstić information content (AvgIpc) is 3.11. The lowest BCUT2D eigenvalue weighted by Crippen LogP contribution is -2.01. The maximum Gasteiger partial charge on any atom is 0.196 e. The summed E-state index contributed by atoms with van der Waals surface area (Å²) < 4.78 is 12.6. The van der Waals surface area contributed by atoms with Crippen molar-refractivity contribution in [1.82, 2.24) is 14.8 Å². The van der Waals surface area contributed by atoms with Crippen LogP contribution in [0.5, 0.6) is 11.5 Å². The van der Waals surface area contributed by atoms with Gasteiger partial charge in [0.2, 0.25) is 0 Å². The van der Waals surface area contributed by atoms with Gasteiger partial charge in [-0.15, -0.1) is 10.2 Å². The molecule has 0 amide bonds. The average molecular weight is 435 g/mol. The van der Waals surface area contributed by atoms with Crippen LogP contribution in [0.25, 0.3) is 17.1 Å². The Labute approximate surface area is 177 Å². The first kappa shape index (κ1) is 20.3. The SMILES string of the molecule is COc1ccc(-n2c(SCCC#N)nnc2-c2cc(Cl)ccc2OC)cc1Cl. The fourth-order valence-corrected chi connectivity index (χ4v) is 3.83. The number of nitrogens with zero attached hydrogens (tertiary/aromatic N) is 4. The van der Waals surface area contributed by atoms with E-state index in [0.717, 1.165) is 5.69 Å². The molecule has 3 aromatic rings. The molecule has 0 aliphatic heterocycles. The lowest BCUT2D eigenvalue weighted by Gasteiger charge is -2.14. The van der Waals surface area contributed by atoms with Gasteiger partial charge in [0.25, 0.3) is 0 Å². The highest BCUT2D eigenvalue weighted by Crippen LogP contribution is 2.36. The number of nitriles is 1. The van der Waals surface area contributed by atoms with E-state index in [2.05, 4.69) is 16.3 Å². The second kappa shape index (κ2) is 9.20. The van der Waals surface area contributed by atoms with Gasteiger partial charge < -0.3 is 9.47 Å². The molecule has 0 unspecified atom stereocenters. The van der Waals surface area contributed by atoms with Crippen LogP contribution in [-0.2, 0) is 0 Å². The van der Waals surface area contributed by atoms with E-state index in [-0.39, 0.29) is 0 Å². The molecule has 0 radical (unpaired) electrons. The highest BCUT2D eigenvalue weighted by atomic mass is 35.5. The molecule has 1 heterocycles. The molecule has 3 rings (SSSR count). The van der Waals surface area contributed by atoms with Gasteiger partial charge in [0, 0.05) is 17.2 Å². The molecule has 1 aromatic heterocycles. The molecule has 0 bridgehead atoms. The van der Waals surface area contributed by atoms with Gasteiger partial charge in [0.05, 0.1) is 36.6 Å². The van der Waals surface area contributed by atoms with Crippen LogP contribution in [0.1, 0.15) is 6.42 Å². The standard InChI is InChI=1S/C19H16Cl2N4O2S/c1-26-16-6-4-12(20)10-14(16)18-23-24-19(28-9-3-8-22)25(18)13-5-7-17(27-2)15(21)11-13/h4-7,10-11H,3,9H2,1-2H3. The quantitative estimate of drug-likeness (QED) is 0.372. The van der Waals surface area contributed by atoms with Crippen molar-refractivity contribution in [2.75, 3.05) is 20.0 Å². The van der Waals surface area contributed by atoms with Crippen molar-refractivity contribution in [1.29, 1.82) is 5.26 Å². The number of halogens is 2. The number of thioether (sulfide) groups is 1. The minimum absolute atomic E-state index is 0.400. The number of ether oxygens (including phenoxy) is 2. The molecule has 0 aliphatic carbocycles. The topological polar surface area (TPSA) is 73.0 Å². The fourth-order valence-electron chi connectivity index (χ4n) is 2.61. The van der Waals surface area contributed by atoms with Crippen LogP contribution in [0.3, 0.4) is 0 Å². The van der Waals surface area contributed by atoms with Crippen LogP contribution in [-0.4, -0.2) is 34.7 Å². The van der Waals surface area contributed by atoms with E-state index in [4.69, 9.17) is 37.9 Å². The molecule has 0 atom stereocenters. The number of hydrogen-bond acceptors (Lipinski definition) is 6. The minimum atomic E-state index is 0.400. The van der Waals surface area contributed by atoms with Crippen LogP contribution in [0.15, 0.2) is 41.6 Å². The van der Waals surface area contributed by atoms with Crippen molar-refractivity contribution in [3.63, 3.8) is 0 Å². The monoisotopic (exact) mass is 434 g/mol. The lowest BCUT2D eigenvalue weighted by atomic mass is 10.2. The largest absolute Gasteiger partial charge is 0.496 e. The van der Waals surface area contributed by atoms with Crippen molar-refractivity contribution in [3.8, 4) is 34.6 Å². The Balaban J connectivity index is 2.18. The Morgan fingerprint density at radius 2 is 1.82 bits per heavy atom. The van der Waals surface area contributed by atoms with Crippen molar-refractivity contribution in [3.05, 3.63) is 46.4 Å². The smallest absolute Gasteiger partial charge is 0.196 e. The Morgan fingerprint density at radius 3 is 2.50 bits per heavy atom. The molecular weight excluding hydrogens is 419 g/mol. The molecule has 0 N–H and O–H groups in total. The third-order valence-corrected chi connectivity index (χ3v) is 5.34. The van der Waals surface area contributed by atoms with E-state index in [1.165, 1.54) is 11.8 Å². The van der Waals surface area contributed by atoms with Crippen LogP contribution < -0.4 is 9.47 Å². The van der Waals surface area contributed by atoms with Gasteiger partial charge in [-0.25, -0.2) is 0 Å². The van der Waals surface area contributed by atoms with E-state index in [1.807, 2.05) is 10.6 Å². The number of hydrogen-bond donors (Lipinski definition) is 0. The number of aromatic nitrogens is 3. The van der Waals surface area contributed by atoms with Crippen LogP contribution in [0.2, 0.25) is 10.0 Å². The summed E-state index contributed by atoms with van der Waals surface area (Å²) >= 11 is 14.0. The Bertz CT molecular complexity index is 1030. The number of rotatable bonds is 7. The third kappa shape index (κ3) is 4.20. The van der Waals surface area contributed by atoms with Gasteiger partial charge in [-0.05, 0) is 36.4 Å². The van der Waals surface area contributed by atoms with Crippen molar-refractivity contribution < 1.29 is 9.47 Å². The highest BCUT2D eigenvalue weighted by Gasteiger charge is 2.20. The zero-order valence-corrected chi connectivity index (χ0v) is 17.5. The maximum atomic E-state index is 8.84. The van der Waals surface area contributed by atoms with E-state index >= 15 is 0 Å². The summed E-state index contributed by atoms with van der Waals surface area (Å²) in [4.78, 5) is 0. The Hall–Kier alpha value is -2.40. The van der Waals surface area contributed by atoms with E-state index in [0.29, 0.717) is 50.3 Å². The van der Waals surface area contributed by atoms with Crippen LogP contribution >= 0.6 is 35.0 Å². The molecule has 9 heteroatoms. The molecule has 6 nitrogen and oxygen atoms in total. The zero-order valence-electron chi connectivity index (χ0n) is 15.1. The molecule has 0 fully saturated rings. The van der Waals surface area contributed by atoms with Gasteiger partial charge in [-0.3, -0.25) is 4.57 Å². The van der Waals surface area contributed by atoms with Gasteiger partial charge in [0.1, 0.15) is 11.5 Å². The van der Waals surface area contributed by atoms with Crippen molar-refractivity contribution in [2.45, 2.75) is 11.6 Å². The summed E-state index contributed by atoms with van der Waals surface area (Å²) in [5.41, 5.74) is 1.45. The first-order chi connectivity index (χ1) is 13.6. The number of methoxy groups -OCH3 is 2. The van der Waals surface area contributed by atoms with Crippen LogP contribution in [0, 0.1) is 11.3 Å². The van der Waals surface area contributed by atoms with Crippen molar-refractivity contribution in [2.24, 2.45) is 0 Å².